The van der Waals surface area contributed by atoms with Crippen molar-refractivity contribution in [2.45, 2.75) is 26.2 Å². The number of rotatable bonds is 2. The Labute approximate surface area is 325 Å². The number of fused-ring (bicyclic) bond motifs is 15. The maximum absolute atomic E-state index is 6.78. The van der Waals surface area contributed by atoms with Crippen LogP contribution in [0.1, 0.15) is 30.5 Å². The van der Waals surface area contributed by atoms with E-state index in [1.807, 2.05) is 0 Å². The van der Waals surface area contributed by atoms with Gasteiger partial charge < -0.3 is 13.8 Å². The molecule has 0 saturated heterocycles. The van der Waals surface area contributed by atoms with Crippen LogP contribution in [0.4, 0.5) is 11.4 Å². The second kappa shape index (κ2) is 10.5. The van der Waals surface area contributed by atoms with Gasteiger partial charge in [-0.15, -0.1) is 0 Å². The van der Waals surface area contributed by atoms with Gasteiger partial charge in [-0.25, -0.2) is 0 Å². The summed E-state index contributed by atoms with van der Waals surface area (Å²) in [7, 11) is 0. The quantitative estimate of drug-likeness (QED) is 0.166. The SMILES string of the molecule is Cc1ccc(N2B3c4cc5oc(-c6ccccc6)cc5cc4-n4c5ccccc5c5c6ccccc6c(c3c54)-c3cc4c(cc32)C(C)(C)c2ccccc2-4)cc1. The Kier molecular flexibility index (Phi) is 5.72. The number of aromatic nitrogens is 1. The molecular weight excluding hydrogens is 679 g/mol. The molecule has 8 aromatic carbocycles. The molecule has 1 aliphatic carbocycles. The van der Waals surface area contributed by atoms with Gasteiger partial charge in [-0.3, -0.25) is 0 Å². The van der Waals surface area contributed by atoms with E-state index in [1.54, 1.807) is 0 Å². The van der Waals surface area contributed by atoms with Crippen LogP contribution in [-0.2, 0) is 5.41 Å². The Bertz CT molecular complexity index is 3350. The van der Waals surface area contributed by atoms with Gasteiger partial charge in [0.1, 0.15) is 11.3 Å². The molecule has 3 nitrogen and oxygen atoms in total. The minimum atomic E-state index is -0.142. The van der Waals surface area contributed by atoms with E-state index >= 15 is 0 Å². The molecule has 0 amide bonds. The third-order valence-corrected chi connectivity index (χ3v) is 13.2. The van der Waals surface area contributed by atoms with Crippen molar-refractivity contribution >= 4 is 72.7 Å². The molecule has 10 aromatic rings. The molecule has 0 saturated carbocycles. The predicted molar refractivity (Wildman–Crippen MR) is 235 cm³/mol. The van der Waals surface area contributed by atoms with Gasteiger partial charge in [-0.05, 0) is 105 Å². The molecule has 0 N–H and O–H groups in total. The summed E-state index contributed by atoms with van der Waals surface area (Å²) in [5.74, 6) is 0.885. The number of benzene rings is 8. The summed E-state index contributed by atoms with van der Waals surface area (Å²) in [6, 6.07) is 58.8. The lowest BCUT2D eigenvalue weighted by atomic mass is 9.43. The number of hydrogen-bond acceptors (Lipinski definition) is 2. The van der Waals surface area contributed by atoms with Crippen molar-refractivity contribution in [1.82, 2.24) is 4.57 Å². The van der Waals surface area contributed by atoms with E-state index in [1.165, 1.54) is 99.5 Å². The standard InChI is InChI=1S/C52H35BN2O/c1-30-21-23-33(24-22-30)55-44-28-41-38(34-15-9-11-19-40(34)52(41,2)3)27-39(44)48-35-16-7-8-17-36(35)49-37-18-10-12-20-43(37)54-45-25-32-26-46(31-13-5-4-6-14-31)56-47(32)29-42(45)53(55)50(48)51(49)54/h4-29H,1-3H3. The first-order chi connectivity index (χ1) is 27.5. The molecule has 56 heavy (non-hydrogen) atoms. The van der Waals surface area contributed by atoms with Crippen LogP contribution in [-0.4, -0.2) is 11.4 Å². The van der Waals surface area contributed by atoms with Crippen molar-refractivity contribution in [3.8, 4) is 39.3 Å². The van der Waals surface area contributed by atoms with E-state index in [0.29, 0.717) is 0 Å². The lowest BCUT2D eigenvalue weighted by Crippen LogP contribution is -2.60. The fraction of sp³-hybridized carbons (Fsp3) is 0.0769. The van der Waals surface area contributed by atoms with Crippen LogP contribution in [0.15, 0.2) is 162 Å². The third-order valence-electron chi connectivity index (χ3n) is 13.2. The van der Waals surface area contributed by atoms with Crippen molar-refractivity contribution in [2.24, 2.45) is 0 Å². The Hall–Kier alpha value is -6.78. The molecule has 0 spiro atoms. The Morgan fingerprint density at radius 2 is 1.32 bits per heavy atom. The van der Waals surface area contributed by atoms with Gasteiger partial charge in [0.25, 0.3) is 0 Å². The molecule has 262 valence electrons. The zero-order chi connectivity index (χ0) is 37.0. The largest absolute Gasteiger partial charge is 0.456 e. The minimum absolute atomic E-state index is 0.112. The normalized spacial score (nSPS) is 14.4. The summed E-state index contributed by atoms with van der Waals surface area (Å²) in [5.41, 5.74) is 19.9. The number of aryl methyl sites for hydroxylation is 1. The smallest absolute Gasteiger partial charge is 0.333 e. The number of nitrogens with zero attached hydrogens (tertiary/aromatic N) is 2. The van der Waals surface area contributed by atoms with Gasteiger partial charge in [0.05, 0.1) is 11.0 Å². The van der Waals surface area contributed by atoms with Crippen molar-refractivity contribution in [2.75, 3.05) is 4.81 Å². The van der Waals surface area contributed by atoms with E-state index in [2.05, 4.69) is 188 Å². The predicted octanol–water partition coefficient (Wildman–Crippen LogP) is 12.2. The number of furan rings is 1. The van der Waals surface area contributed by atoms with Gasteiger partial charge in [-0.2, -0.15) is 0 Å². The van der Waals surface area contributed by atoms with Crippen molar-refractivity contribution < 1.29 is 4.42 Å². The zero-order valence-corrected chi connectivity index (χ0v) is 31.4. The summed E-state index contributed by atoms with van der Waals surface area (Å²) in [6.07, 6.45) is 0. The molecule has 4 heterocycles. The van der Waals surface area contributed by atoms with Crippen LogP contribution >= 0.6 is 0 Å². The molecule has 2 aromatic heterocycles. The van der Waals surface area contributed by atoms with Crippen LogP contribution < -0.4 is 15.7 Å². The molecule has 2 aliphatic heterocycles. The summed E-state index contributed by atoms with van der Waals surface area (Å²) in [5, 5.41) is 6.30. The fourth-order valence-corrected chi connectivity index (χ4v) is 10.7. The highest BCUT2D eigenvalue weighted by Crippen LogP contribution is 2.55. The molecule has 0 atom stereocenters. The second-order valence-electron chi connectivity index (χ2n) is 16.5. The molecule has 0 unspecified atom stereocenters. The molecule has 0 bridgehead atoms. The van der Waals surface area contributed by atoms with E-state index in [-0.39, 0.29) is 12.3 Å². The van der Waals surface area contributed by atoms with Crippen LogP contribution in [0, 0.1) is 6.92 Å². The van der Waals surface area contributed by atoms with E-state index in [0.717, 1.165) is 22.3 Å². The number of hydrogen-bond donors (Lipinski definition) is 0. The summed E-state index contributed by atoms with van der Waals surface area (Å²) < 4.78 is 9.35. The van der Waals surface area contributed by atoms with E-state index in [9.17, 15) is 0 Å². The van der Waals surface area contributed by atoms with Gasteiger partial charge in [0.15, 0.2) is 0 Å². The van der Waals surface area contributed by atoms with Crippen LogP contribution in [0.3, 0.4) is 0 Å². The lowest BCUT2D eigenvalue weighted by Gasteiger charge is -2.43. The van der Waals surface area contributed by atoms with Crippen molar-refractivity contribution in [1.29, 1.82) is 0 Å². The van der Waals surface area contributed by atoms with Gasteiger partial charge in [0, 0.05) is 49.8 Å². The fourth-order valence-electron chi connectivity index (χ4n) is 10.7. The molecule has 3 aliphatic rings. The van der Waals surface area contributed by atoms with E-state index in [4.69, 9.17) is 4.42 Å². The average Bonchev–Trinajstić information content (AvgIpc) is 3.88. The Balaban J connectivity index is 1.24. The molecule has 0 radical (unpaired) electrons. The van der Waals surface area contributed by atoms with Crippen molar-refractivity contribution in [3.63, 3.8) is 0 Å². The Morgan fingerprint density at radius 3 is 2.16 bits per heavy atom. The summed E-state index contributed by atoms with van der Waals surface area (Å²) >= 11 is 0. The van der Waals surface area contributed by atoms with Gasteiger partial charge in [-0.1, -0.05) is 129 Å². The average molecular weight is 715 g/mol. The molecule has 13 rings (SSSR count). The molecule has 0 fully saturated rings. The zero-order valence-electron chi connectivity index (χ0n) is 31.4. The van der Waals surface area contributed by atoms with Crippen LogP contribution in [0.2, 0.25) is 0 Å². The van der Waals surface area contributed by atoms with Crippen LogP contribution in [0.25, 0.3) is 82.8 Å². The van der Waals surface area contributed by atoms with E-state index < -0.39 is 0 Å². The summed E-state index contributed by atoms with van der Waals surface area (Å²) in [4.78, 5) is 2.65. The number of para-hydroxylation sites is 1. The summed E-state index contributed by atoms with van der Waals surface area (Å²) in [6.45, 7) is 6.85. The van der Waals surface area contributed by atoms with Crippen LogP contribution in [0.5, 0.6) is 0 Å². The second-order valence-corrected chi connectivity index (χ2v) is 16.5. The molecule has 4 heteroatoms. The topological polar surface area (TPSA) is 21.3 Å². The first kappa shape index (κ1) is 30.5. The third kappa shape index (κ3) is 3.74. The minimum Gasteiger partial charge on any atom is -0.456 e. The Morgan fingerprint density at radius 1 is 0.589 bits per heavy atom. The maximum Gasteiger partial charge on any atom is 0.333 e. The highest BCUT2D eigenvalue weighted by atomic mass is 16.3. The first-order valence-electron chi connectivity index (χ1n) is 19.7. The monoisotopic (exact) mass is 714 g/mol. The van der Waals surface area contributed by atoms with Gasteiger partial charge in [0.2, 0.25) is 0 Å². The van der Waals surface area contributed by atoms with Gasteiger partial charge >= 0.3 is 6.85 Å². The lowest BCUT2D eigenvalue weighted by molar-refractivity contribution is 0.632. The highest BCUT2D eigenvalue weighted by Gasteiger charge is 2.47. The molecular formula is C52H35BN2O. The van der Waals surface area contributed by atoms with Crippen molar-refractivity contribution in [3.05, 3.63) is 174 Å². The first-order valence-corrected chi connectivity index (χ1v) is 19.7. The maximum atomic E-state index is 6.78. The number of anilines is 2. The highest BCUT2D eigenvalue weighted by molar-refractivity contribution is 6.94.